The van der Waals surface area contributed by atoms with Crippen molar-refractivity contribution in [2.24, 2.45) is 0 Å². The van der Waals surface area contributed by atoms with Crippen LogP contribution in [0.1, 0.15) is 41.3 Å². The molecular weight excluding hydrogens is 442 g/mol. The first-order chi connectivity index (χ1) is 17.1. The Balaban J connectivity index is 1.50. The summed E-state index contributed by atoms with van der Waals surface area (Å²) in [6.07, 6.45) is 0.751. The maximum Gasteiger partial charge on any atom is 0.357 e. The molecule has 176 valence electrons. The van der Waals surface area contributed by atoms with Crippen molar-refractivity contribution in [3.8, 4) is 22.5 Å². The van der Waals surface area contributed by atoms with Gasteiger partial charge in [-0.15, -0.1) is 10.2 Å². The molecule has 3 heterocycles. The van der Waals surface area contributed by atoms with Crippen LogP contribution in [-0.4, -0.2) is 47.7 Å². The van der Waals surface area contributed by atoms with Crippen LogP contribution in [0.5, 0.6) is 0 Å². The summed E-state index contributed by atoms with van der Waals surface area (Å²) in [5.74, 6) is 1.05. The van der Waals surface area contributed by atoms with Crippen LogP contribution in [0.3, 0.4) is 0 Å². The fraction of sp³-hybridized carbons (Fsp3) is 0.231. The Hall–Kier alpha value is -4.40. The lowest BCUT2D eigenvalue weighted by atomic mass is 9.98. The summed E-state index contributed by atoms with van der Waals surface area (Å²) in [6, 6.07) is 18.1. The van der Waals surface area contributed by atoms with E-state index in [0.29, 0.717) is 30.3 Å². The molecule has 0 radical (unpaired) electrons. The quantitative estimate of drug-likeness (QED) is 0.354. The van der Waals surface area contributed by atoms with Crippen molar-refractivity contribution >= 4 is 17.1 Å². The predicted molar refractivity (Wildman–Crippen MR) is 132 cm³/mol. The number of esters is 1. The van der Waals surface area contributed by atoms with Crippen LogP contribution in [0.25, 0.3) is 33.7 Å². The van der Waals surface area contributed by atoms with Crippen LogP contribution in [0, 0.1) is 6.92 Å². The van der Waals surface area contributed by atoms with E-state index in [1.54, 1.807) is 13.0 Å². The van der Waals surface area contributed by atoms with E-state index in [-0.39, 0.29) is 0 Å². The second kappa shape index (κ2) is 9.46. The highest BCUT2D eigenvalue weighted by Crippen LogP contribution is 2.30. The molecule has 0 bridgehead atoms. The van der Waals surface area contributed by atoms with Gasteiger partial charge in [0.1, 0.15) is 11.3 Å². The van der Waals surface area contributed by atoms with Gasteiger partial charge in [0.15, 0.2) is 11.3 Å². The van der Waals surface area contributed by atoms with Gasteiger partial charge in [-0.05, 0) is 47.4 Å². The summed E-state index contributed by atoms with van der Waals surface area (Å²) >= 11 is 0. The van der Waals surface area contributed by atoms with Gasteiger partial charge < -0.3 is 9.30 Å². The molecule has 1 N–H and O–H groups in total. The van der Waals surface area contributed by atoms with Gasteiger partial charge in [-0.3, -0.25) is 0 Å². The van der Waals surface area contributed by atoms with Gasteiger partial charge in [-0.25, -0.2) is 14.8 Å². The molecule has 5 rings (SSSR count). The van der Waals surface area contributed by atoms with Crippen molar-refractivity contribution in [3.05, 3.63) is 77.2 Å². The second-order valence-electron chi connectivity index (χ2n) is 8.16. The van der Waals surface area contributed by atoms with E-state index in [2.05, 4.69) is 61.4 Å². The van der Waals surface area contributed by atoms with Crippen molar-refractivity contribution in [2.45, 2.75) is 33.7 Å². The number of fused-ring (bicyclic) bond motifs is 1. The number of nitrogens with one attached hydrogen (secondary N) is 1. The minimum Gasteiger partial charge on any atom is -0.461 e. The summed E-state index contributed by atoms with van der Waals surface area (Å²) in [5.41, 5.74) is 6.79. The molecule has 0 fully saturated rings. The summed E-state index contributed by atoms with van der Waals surface area (Å²) in [6.45, 7) is 6.69. The molecule has 0 aliphatic rings. The zero-order chi connectivity index (χ0) is 24.4. The molecule has 0 unspecified atom stereocenters. The van der Waals surface area contributed by atoms with Crippen LogP contribution in [0.4, 0.5) is 0 Å². The van der Waals surface area contributed by atoms with E-state index in [9.17, 15) is 4.79 Å². The first kappa shape index (κ1) is 22.4. The van der Waals surface area contributed by atoms with Crippen molar-refractivity contribution < 1.29 is 9.53 Å². The molecule has 3 aromatic heterocycles. The van der Waals surface area contributed by atoms with Gasteiger partial charge >= 0.3 is 5.97 Å². The standard InChI is InChI=1S/C26H25N7O2/c1-4-22-28-23-16(3)14-21(26(34)35-5-2)27-25(23)33(22)15-17-10-12-18(13-11-17)19-8-6-7-9-20(19)24-29-31-32-30-24/h6-14H,4-5,15H2,1-3H3,(H,29,30,31,32). The largest absolute Gasteiger partial charge is 0.461 e. The highest BCUT2D eigenvalue weighted by atomic mass is 16.5. The maximum absolute atomic E-state index is 12.3. The maximum atomic E-state index is 12.3. The molecule has 0 atom stereocenters. The summed E-state index contributed by atoms with van der Waals surface area (Å²) in [5, 5.41) is 14.5. The Morgan fingerprint density at radius 3 is 2.49 bits per heavy atom. The number of aromatic nitrogens is 7. The third-order valence-electron chi connectivity index (χ3n) is 5.89. The molecule has 0 saturated carbocycles. The number of hydrogen-bond donors (Lipinski definition) is 1. The van der Waals surface area contributed by atoms with Gasteiger partial charge in [0, 0.05) is 12.0 Å². The molecule has 9 heteroatoms. The number of H-pyrrole nitrogens is 1. The second-order valence-corrected chi connectivity index (χ2v) is 8.16. The number of aryl methyl sites for hydroxylation is 2. The zero-order valence-electron chi connectivity index (χ0n) is 19.8. The fourth-order valence-corrected chi connectivity index (χ4v) is 4.21. The van der Waals surface area contributed by atoms with Crippen LogP contribution >= 0.6 is 0 Å². The number of imidazole rings is 1. The number of aromatic amines is 1. The fourth-order valence-electron chi connectivity index (χ4n) is 4.21. The molecule has 35 heavy (non-hydrogen) atoms. The van der Waals surface area contributed by atoms with Crippen molar-refractivity contribution in [1.82, 2.24) is 35.2 Å². The van der Waals surface area contributed by atoms with Gasteiger partial charge in [0.05, 0.1) is 13.2 Å². The first-order valence-electron chi connectivity index (χ1n) is 11.5. The highest BCUT2D eigenvalue weighted by molar-refractivity contribution is 5.91. The van der Waals surface area contributed by atoms with Crippen LogP contribution in [0.2, 0.25) is 0 Å². The van der Waals surface area contributed by atoms with E-state index in [1.165, 1.54) is 0 Å². The van der Waals surface area contributed by atoms with E-state index in [1.807, 2.05) is 31.2 Å². The van der Waals surface area contributed by atoms with E-state index < -0.39 is 5.97 Å². The molecule has 5 aromatic rings. The normalized spacial score (nSPS) is 11.2. The average Bonchev–Trinajstić information content (AvgIpc) is 3.54. The summed E-state index contributed by atoms with van der Waals surface area (Å²) < 4.78 is 7.25. The van der Waals surface area contributed by atoms with Crippen molar-refractivity contribution in [3.63, 3.8) is 0 Å². The monoisotopic (exact) mass is 467 g/mol. The number of hydrogen-bond acceptors (Lipinski definition) is 7. The summed E-state index contributed by atoms with van der Waals surface area (Å²) in [4.78, 5) is 21.8. The molecule has 0 spiro atoms. The predicted octanol–water partition coefficient (Wildman–Crippen LogP) is 4.37. The number of nitrogens with zero attached hydrogens (tertiary/aromatic N) is 6. The number of rotatable bonds is 7. The van der Waals surface area contributed by atoms with Gasteiger partial charge in [0.2, 0.25) is 5.82 Å². The Morgan fingerprint density at radius 2 is 1.80 bits per heavy atom. The third kappa shape index (κ3) is 4.28. The lowest BCUT2D eigenvalue weighted by Gasteiger charge is -2.11. The number of ether oxygens (including phenoxy) is 1. The van der Waals surface area contributed by atoms with Crippen molar-refractivity contribution in [2.75, 3.05) is 6.61 Å². The van der Waals surface area contributed by atoms with E-state index in [0.717, 1.165) is 45.6 Å². The molecule has 0 aliphatic heterocycles. The van der Waals surface area contributed by atoms with Gasteiger partial charge in [-0.2, -0.15) is 5.21 Å². The van der Waals surface area contributed by atoms with E-state index >= 15 is 0 Å². The minimum absolute atomic E-state index is 0.300. The third-order valence-corrected chi connectivity index (χ3v) is 5.89. The Labute approximate surface area is 202 Å². The Morgan fingerprint density at radius 1 is 1.03 bits per heavy atom. The van der Waals surface area contributed by atoms with Gasteiger partial charge in [-0.1, -0.05) is 55.5 Å². The van der Waals surface area contributed by atoms with Gasteiger partial charge in [0.25, 0.3) is 0 Å². The first-order valence-corrected chi connectivity index (χ1v) is 11.5. The molecule has 0 saturated heterocycles. The number of tetrazole rings is 1. The molecule has 2 aromatic carbocycles. The smallest absolute Gasteiger partial charge is 0.357 e. The molecule has 0 aliphatic carbocycles. The SMILES string of the molecule is CCOC(=O)c1cc(C)c2nc(CC)n(Cc3ccc(-c4ccccc4-c4nn[nH]n4)cc3)c2n1. The number of benzene rings is 2. The van der Waals surface area contributed by atoms with Crippen LogP contribution in [-0.2, 0) is 17.7 Å². The highest BCUT2D eigenvalue weighted by Gasteiger charge is 2.18. The zero-order valence-corrected chi connectivity index (χ0v) is 19.8. The van der Waals surface area contributed by atoms with E-state index in [4.69, 9.17) is 9.72 Å². The van der Waals surface area contributed by atoms with Crippen molar-refractivity contribution in [1.29, 1.82) is 0 Å². The lowest BCUT2D eigenvalue weighted by Crippen LogP contribution is -2.10. The molecule has 9 nitrogen and oxygen atoms in total. The Kier molecular flexibility index (Phi) is 6.05. The topological polar surface area (TPSA) is 111 Å². The minimum atomic E-state index is -0.423. The number of carbonyl (C=O) groups excluding carboxylic acids is 1. The molecule has 0 amide bonds. The summed E-state index contributed by atoms with van der Waals surface area (Å²) in [7, 11) is 0. The average molecular weight is 468 g/mol. The Bertz CT molecular complexity index is 1490. The number of carbonyl (C=O) groups is 1. The molecular formula is C26H25N7O2. The van der Waals surface area contributed by atoms with Crippen LogP contribution in [0.15, 0.2) is 54.6 Å². The lowest BCUT2D eigenvalue weighted by molar-refractivity contribution is 0.0519. The van der Waals surface area contributed by atoms with Crippen LogP contribution < -0.4 is 0 Å². The number of pyridine rings is 1.